The van der Waals surface area contributed by atoms with Crippen LogP contribution in [0.5, 0.6) is 0 Å². The summed E-state index contributed by atoms with van der Waals surface area (Å²) in [6.45, 7) is 3.36. The molecule has 3 fully saturated rings. The number of hydrogen-bond acceptors (Lipinski definition) is 6. The number of nitrogens with one attached hydrogen (secondary N) is 1. The number of sulfonamides is 1. The summed E-state index contributed by atoms with van der Waals surface area (Å²) in [5.41, 5.74) is 0. The minimum absolute atomic E-state index is 0.113. The van der Waals surface area contributed by atoms with Gasteiger partial charge in [-0.2, -0.15) is 0 Å². The van der Waals surface area contributed by atoms with Gasteiger partial charge in [-0.25, -0.2) is 13.1 Å². The third-order valence-electron chi connectivity index (χ3n) is 4.24. The van der Waals surface area contributed by atoms with Crippen molar-refractivity contribution < 1.29 is 27.5 Å². The van der Waals surface area contributed by atoms with Crippen LogP contribution in [0.1, 0.15) is 25.7 Å². The van der Waals surface area contributed by atoms with Gasteiger partial charge in [0.05, 0.1) is 18.2 Å². The molecule has 0 aromatic heterocycles. The Hall–Kier alpha value is -1.25. The normalized spacial score (nSPS) is 38.4. The fraction of sp³-hybridized carbons (Fsp3) is 0.692. The Labute approximate surface area is 122 Å². The number of rotatable bonds is 6. The summed E-state index contributed by atoms with van der Waals surface area (Å²) in [4.78, 5) is 22.8. The van der Waals surface area contributed by atoms with Gasteiger partial charge >= 0.3 is 5.97 Å². The Morgan fingerprint density at radius 1 is 1.38 bits per heavy atom. The van der Waals surface area contributed by atoms with Gasteiger partial charge in [0.15, 0.2) is 5.78 Å². The van der Waals surface area contributed by atoms with Crippen LogP contribution in [0, 0.1) is 0 Å². The van der Waals surface area contributed by atoms with Crippen molar-refractivity contribution in [2.75, 3.05) is 0 Å². The first-order valence-electron chi connectivity index (χ1n) is 6.94. The maximum atomic E-state index is 11.8. The molecule has 0 amide bonds. The molecule has 21 heavy (non-hydrogen) atoms. The lowest BCUT2D eigenvalue weighted by atomic mass is 9.93. The van der Waals surface area contributed by atoms with Gasteiger partial charge < -0.3 is 9.47 Å². The van der Waals surface area contributed by atoms with E-state index in [0.717, 1.165) is 0 Å². The predicted molar refractivity (Wildman–Crippen MR) is 71.8 cm³/mol. The molecular formula is C13H17NO6S. The van der Waals surface area contributed by atoms with Gasteiger partial charge in [-0.1, -0.05) is 6.58 Å². The van der Waals surface area contributed by atoms with E-state index in [-0.39, 0.29) is 24.7 Å². The maximum absolute atomic E-state index is 11.8. The summed E-state index contributed by atoms with van der Waals surface area (Å²) in [5, 5.41) is -0.521. The number of carbonyl (C=O) groups excluding carboxylic acids is 2. The first-order valence-corrected chi connectivity index (χ1v) is 8.48. The van der Waals surface area contributed by atoms with Crippen LogP contribution in [0.2, 0.25) is 0 Å². The molecule has 3 aliphatic rings. The van der Waals surface area contributed by atoms with Crippen LogP contribution in [-0.2, 0) is 29.1 Å². The molecule has 2 bridgehead atoms. The second-order valence-electron chi connectivity index (χ2n) is 5.58. The summed E-state index contributed by atoms with van der Waals surface area (Å²) in [5.74, 6) is -0.548. The molecule has 0 saturated carbocycles. The van der Waals surface area contributed by atoms with E-state index in [1.54, 1.807) is 0 Å². The summed E-state index contributed by atoms with van der Waals surface area (Å²) >= 11 is 0. The van der Waals surface area contributed by atoms with Gasteiger partial charge in [0.2, 0.25) is 10.0 Å². The standard InChI is InChI=1S/C13H17NO6S/c1-2-7(15)4-3-5-10(16)20-12-8-6-9-13(19-8)11(12)14-21(9,17)18/h2,8-9,11-14H,1,3-6H2. The van der Waals surface area contributed by atoms with Crippen LogP contribution in [0.25, 0.3) is 0 Å². The highest BCUT2D eigenvalue weighted by molar-refractivity contribution is 7.90. The van der Waals surface area contributed by atoms with Gasteiger partial charge in [0.1, 0.15) is 11.4 Å². The number of ether oxygens (including phenoxy) is 2. The fourth-order valence-corrected chi connectivity index (χ4v) is 5.09. The minimum Gasteiger partial charge on any atom is -0.458 e. The molecule has 7 nitrogen and oxygen atoms in total. The topological polar surface area (TPSA) is 98.8 Å². The van der Waals surface area contributed by atoms with E-state index < -0.39 is 39.5 Å². The molecule has 1 N–H and O–H groups in total. The molecular weight excluding hydrogens is 298 g/mol. The van der Waals surface area contributed by atoms with Crippen molar-refractivity contribution in [3.8, 4) is 0 Å². The van der Waals surface area contributed by atoms with Crippen molar-refractivity contribution in [3.05, 3.63) is 12.7 Å². The third-order valence-corrected chi connectivity index (χ3v) is 6.09. The largest absolute Gasteiger partial charge is 0.458 e. The molecule has 116 valence electrons. The molecule has 0 spiro atoms. The molecule has 3 heterocycles. The summed E-state index contributed by atoms with van der Waals surface area (Å²) < 4.78 is 37.1. The van der Waals surface area contributed by atoms with Crippen LogP contribution in [0.4, 0.5) is 0 Å². The SMILES string of the molecule is C=CC(=O)CCCC(=O)OC1C2CC3C(O2)C1NS3(=O)=O. The Morgan fingerprint density at radius 3 is 2.86 bits per heavy atom. The number of allylic oxidation sites excluding steroid dienone is 1. The average molecular weight is 315 g/mol. The lowest BCUT2D eigenvalue weighted by Crippen LogP contribution is -2.45. The molecule has 0 aromatic rings. The molecule has 0 aliphatic carbocycles. The van der Waals surface area contributed by atoms with Gasteiger partial charge in [-0.3, -0.25) is 9.59 Å². The zero-order chi connectivity index (χ0) is 15.2. The van der Waals surface area contributed by atoms with E-state index in [2.05, 4.69) is 11.3 Å². The molecule has 0 radical (unpaired) electrons. The number of fused-ring (bicyclic) bond motifs is 1. The number of ketones is 1. The lowest BCUT2D eigenvalue weighted by molar-refractivity contribution is -0.152. The van der Waals surface area contributed by atoms with E-state index >= 15 is 0 Å². The van der Waals surface area contributed by atoms with Crippen molar-refractivity contribution in [3.63, 3.8) is 0 Å². The van der Waals surface area contributed by atoms with E-state index in [1.165, 1.54) is 6.08 Å². The zero-order valence-corrected chi connectivity index (χ0v) is 12.2. The third kappa shape index (κ3) is 2.51. The van der Waals surface area contributed by atoms with Gasteiger partial charge in [-0.05, 0) is 18.9 Å². The second kappa shape index (κ2) is 5.19. The Bertz CT molecular complexity index is 585. The fourth-order valence-electron chi connectivity index (χ4n) is 3.24. The zero-order valence-electron chi connectivity index (χ0n) is 11.4. The highest BCUT2D eigenvalue weighted by atomic mass is 32.2. The van der Waals surface area contributed by atoms with Crippen molar-refractivity contribution in [1.82, 2.24) is 4.72 Å². The molecule has 3 rings (SSSR count). The van der Waals surface area contributed by atoms with Crippen molar-refractivity contribution in [2.45, 2.75) is 55.3 Å². The van der Waals surface area contributed by atoms with Crippen LogP contribution >= 0.6 is 0 Å². The highest BCUT2D eigenvalue weighted by Gasteiger charge is 2.65. The van der Waals surface area contributed by atoms with Gasteiger partial charge in [0, 0.05) is 12.8 Å². The molecule has 0 aromatic carbocycles. The van der Waals surface area contributed by atoms with Crippen molar-refractivity contribution in [1.29, 1.82) is 0 Å². The summed E-state index contributed by atoms with van der Waals surface area (Å²) in [7, 11) is -3.35. The number of hydrogen-bond donors (Lipinski definition) is 1. The monoisotopic (exact) mass is 315 g/mol. The van der Waals surface area contributed by atoms with Crippen LogP contribution in [0.3, 0.4) is 0 Å². The van der Waals surface area contributed by atoms with E-state index in [1.807, 2.05) is 0 Å². The van der Waals surface area contributed by atoms with Crippen LogP contribution in [-0.4, -0.2) is 49.8 Å². The Kier molecular flexibility index (Phi) is 3.62. The van der Waals surface area contributed by atoms with Gasteiger partial charge in [0.25, 0.3) is 0 Å². The maximum Gasteiger partial charge on any atom is 0.306 e. The first kappa shape index (κ1) is 14.7. The Balaban J connectivity index is 1.54. The first-order chi connectivity index (χ1) is 9.92. The molecule has 3 aliphatic heterocycles. The summed E-state index contributed by atoms with van der Waals surface area (Å²) in [6, 6.07) is -0.475. The molecule has 5 atom stereocenters. The van der Waals surface area contributed by atoms with Crippen molar-refractivity contribution in [2.24, 2.45) is 0 Å². The highest BCUT2D eigenvalue weighted by Crippen LogP contribution is 2.44. The van der Waals surface area contributed by atoms with E-state index in [0.29, 0.717) is 12.8 Å². The second-order valence-corrected chi connectivity index (χ2v) is 7.51. The smallest absolute Gasteiger partial charge is 0.306 e. The number of carbonyl (C=O) groups is 2. The minimum atomic E-state index is -3.35. The lowest BCUT2D eigenvalue weighted by Gasteiger charge is -2.22. The van der Waals surface area contributed by atoms with Crippen LogP contribution in [0.15, 0.2) is 12.7 Å². The van der Waals surface area contributed by atoms with Gasteiger partial charge in [-0.15, -0.1) is 0 Å². The molecule has 3 saturated heterocycles. The van der Waals surface area contributed by atoms with Crippen LogP contribution < -0.4 is 4.72 Å². The molecule has 5 unspecified atom stereocenters. The quantitative estimate of drug-likeness (QED) is 0.532. The predicted octanol–water partition coefficient (Wildman–Crippen LogP) is -0.335. The molecule has 8 heteroatoms. The van der Waals surface area contributed by atoms with E-state index in [9.17, 15) is 18.0 Å². The Morgan fingerprint density at radius 2 is 2.14 bits per heavy atom. The van der Waals surface area contributed by atoms with Crippen molar-refractivity contribution >= 4 is 21.8 Å². The average Bonchev–Trinajstić information content (AvgIpc) is 3.02. The number of esters is 1. The van der Waals surface area contributed by atoms with E-state index in [4.69, 9.17) is 9.47 Å². The summed E-state index contributed by atoms with van der Waals surface area (Å²) in [6.07, 6.45) is 1.02.